The summed E-state index contributed by atoms with van der Waals surface area (Å²) in [6.45, 7) is 7.91. The predicted octanol–water partition coefficient (Wildman–Crippen LogP) is 3.20. The van der Waals surface area contributed by atoms with Crippen LogP contribution in [0.4, 0.5) is 11.5 Å². The van der Waals surface area contributed by atoms with Crippen molar-refractivity contribution < 1.29 is 0 Å². The van der Waals surface area contributed by atoms with Crippen LogP contribution in [0, 0.1) is 30.6 Å². The zero-order chi connectivity index (χ0) is 15.6. The van der Waals surface area contributed by atoms with Crippen LogP contribution in [-0.4, -0.2) is 15.4 Å². The van der Waals surface area contributed by atoms with Gasteiger partial charge < -0.3 is 5.32 Å². The molecule has 0 fully saturated rings. The molecular formula is C16H21N5. The summed E-state index contributed by atoms with van der Waals surface area (Å²) in [6.07, 6.45) is 3.27. The fraction of sp³-hybridized carbons (Fsp3) is 0.312. The molecule has 0 bridgehead atoms. The number of nitrogens with one attached hydrogen (secondary N) is 3. The topological polar surface area (TPSA) is 77.6 Å². The van der Waals surface area contributed by atoms with Crippen LogP contribution in [0.25, 0.3) is 0 Å². The summed E-state index contributed by atoms with van der Waals surface area (Å²) in [4.78, 5) is 4.23. The van der Waals surface area contributed by atoms with Gasteiger partial charge in [0.25, 0.3) is 0 Å². The number of benzene rings is 1. The Morgan fingerprint density at radius 3 is 2.67 bits per heavy atom. The van der Waals surface area contributed by atoms with Crippen LogP contribution in [-0.2, 0) is 0 Å². The molecule has 2 aromatic rings. The fourth-order valence-corrected chi connectivity index (χ4v) is 1.99. The maximum atomic E-state index is 8.24. The molecule has 0 saturated carbocycles. The zero-order valence-electron chi connectivity index (χ0n) is 12.9. The molecule has 1 heterocycles. The molecular weight excluding hydrogens is 262 g/mol. The summed E-state index contributed by atoms with van der Waals surface area (Å²) in [7, 11) is 0. The molecule has 1 aromatic carbocycles. The van der Waals surface area contributed by atoms with Crippen molar-refractivity contribution in [1.29, 1.82) is 10.8 Å². The average Bonchev–Trinajstić information content (AvgIpc) is 2.44. The third kappa shape index (κ3) is 3.18. The Balaban J connectivity index is 2.42. The predicted molar refractivity (Wildman–Crippen MR) is 85.2 cm³/mol. The highest BCUT2D eigenvalue weighted by Gasteiger charge is 2.09. The largest absolute Gasteiger partial charge is 0.337 e. The first-order valence-electron chi connectivity index (χ1n) is 6.95. The van der Waals surface area contributed by atoms with E-state index in [0.29, 0.717) is 11.7 Å². The molecule has 21 heavy (non-hydrogen) atoms. The van der Waals surface area contributed by atoms with Gasteiger partial charge in [0.05, 0.1) is 0 Å². The minimum absolute atomic E-state index is 0.0510. The SMILES string of the molecule is Cc1ccc(C)c(Nc2nccn(C(=N)C(C)C)c2=N)c1. The van der Waals surface area contributed by atoms with E-state index < -0.39 is 0 Å². The number of anilines is 2. The van der Waals surface area contributed by atoms with Gasteiger partial charge in [0.15, 0.2) is 11.3 Å². The Morgan fingerprint density at radius 2 is 2.00 bits per heavy atom. The van der Waals surface area contributed by atoms with E-state index in [1.807, 2.05) is 39.8 Å². The van der Waals surface area contributed by atoms with Crippen molar-refractivity contribution >= 4 is 17.3 Å². The van der Waals surface area contributed by atoms with E-state index in [0.717, 1.165) is 16.8 Å². The Morgan fingerprint density at radius 1 is 1.29 bits per heavy atom. The number of aromatic nitrogens is 2. The summed E-state index contributed by atoms with van der Waals surface area (Å²) in [5, 5.41) is 19.5. The number of hydrogen-bond acceptors (Lipinski definition) is 4. The molecule has 5 heteroatoms. The third-order valence-corrected chi connectivity index (χ3v) is 3.34. The van der Waals surface area contributed by atoms with Crippen molar-refractivity contribution in [2.24, 2.45) is 5.92 Å². The first kappa shape index (κ1) is 15.0. The zero-order valence-corrected chi connectivity index (χ0v) is 12.9. The maximum Gasteiger partial charge on any atom is 0.174 e. The molecule has 1 aromatic heterocycles. The van der Waals surface area contributed by atoms with Gasteiger partial charge in [-0.05, 0) is 31.0 Å². The van der Waals surface area contributed by atoms with Crippen LogP contribution in [0.2, 0.25) is 0 Å². The summed E-state index contributed by atoms with van der Waals surface area (Å²) in [6, 6.07) is 6.12. The van der Waals surface area contributed by atoms with Gasteiger partial charge in [-0.1, -0.05) is 26.0 Å². The summed E-state index contributed by atoms with van der Waals surface area (Å²) in [5.74, 6) is 0.887. The highest BCUT2D eigenvalue weighted by atomic mass is 15.1. The molecule has 5 nitrogen and oxygen atoms in total. The van der Waals surface area contributed by atoms with Crippen LogP contribution in [0.3, 0.4) is 0 Å². The number of rotatable bonds is 3. The molecule has 0 radical (unpaired) electrons. The first-order chi connectivity index (χ1) is 9.90. The van der Waals surface area contributed by atoms with Gasteiger partial charge in [-0.3, -0.25) is 15.4 Å². The molecule has 0 aliphatic rings. The van der Waals surface area contributed by atoms with Crippen molar-refractivity contribution in [2.75, 3.05) is 5.32 Å². The number of nitrogens with zero attached hydrogens (tertiary/aromatic N) is 2. The van der Waals surface area contributed by atoms with Crippen molar-refractivity contribution in [3.8, 4) is 0 Å². The van der Waals surface area contributed by atoms with E-state index in [1.165, 1.54) is 0 Å². The van der Waals surface area contributed by atoms with E-state index in [4.69, 9.17) is 10.8 Å². The summed E-state index contributed by atoms with van der Waals surface area (Å²) in [5.41, 5.74) is 3.37. The van der Waals surface area contributed by atoms with Crippen LogP contribution in [0.15, 0.2) is 30.6 Å². The number of aryl methyl sites for hydroxylation is 2. The lowest BCUT2D eigenvalue weighted by Gasteiger charge is -2.15. The lowest BCUT2D eigenvalue weighted by Crippen LogP contribution is -2.31. The van der Waals surface area contributed by atoms with Gasteiger partial charge in [-0.2, -0.15) is 0 Å². The molecule has 0 saturated heterocycles. The maximum absolute atomic E-state index is 8.24. The van der Waals surface area contributed by atoms with Crippen LogP contribution in [0.5, 0.6) is 0 Å². The van der Waals surface area contributed by atoms with Crippen molar-refractivity contribution in [2.45, 2.75) is 27.7 Å². The molecule has 0 amide bonds. The monoisotopic (exact) mass is 283 g/mol. The van der Waals surface area contributed by atoms with Crippen molar-refractivity contribution in [3.63, 3.8) is 0 Å². The molecule has 0 aliphatic heterocycles. The lowest BCUT2D eigenvalue weighted by atomic mass is 10.1. The second-order valence-corrected chi connectivity index (χ2v) is 5.48. The smallest absolute Gasteiger partial charge is 0.174 e. The first-order valence-corrected chi connectivity index (χ1v) is 6.95. The van der Waals surface area contributed by atoms with E-state index >= 15 is 0 Å². The standard InChI is InChI=1S/C16H21N5/c1-10(2)14(17)21-8-7-19-16(15(21)18)20-13-9-11(3)5-6-12(13)4/h5-10,17-18H,1-4H3,(H,19,20). The lowest BCUT2D eigenvalue weighted by molar-refractivity contribution is 0.794. The van der Waals surface area contributed by atoms with E-state index in [2.05, 4.69) is 16.4 Å². The molecule has 0 aliphatic carbocycles. The van der Waals surface area contributed by atoms with Crippen molar-refractivity contribution in [3.05, 3.63) is 47.2 Å². The fourth-order valence-electron chi connectivity index (χ4n) is 1.99. The van der Waals surface area contributed by atoms with E-state index in [-0.39, 0.29) is 11.4 Å². The minimum Gasteiger partial charge on any atom is -0.337 e. The molecule has 0 unspecified atom stereocenters. The van der Waals surface area contributed by atoms with E-state index in [1.54, 1.807) is 17.0 Å². The normalized spacial score (nSPS) is 10.7. The molecule has 3 N–H and O–H groups in total. The Hall–Kier alpha value is -2.43. The molecule has 0 spiro atoms. The number of hydrogen-bond donors (Lipinski definition) is 3. The van der Waals surface area contributed by atoms with Crippen LogP contribution >= 0.6 is 0 Å². The highest BCUT2D eigenvalue weighted by molar-refractivity contribution is 5.83. The average molecular weight is 283 g/mol. The summed E-state index contributed by atoms with van der Waals surface area (Å²) < 4.78 is 1.55. The summed E-state index contributed by atoms with van der Waals surface area (Å²) >= 11 is 0. The van der Waals surface area contributed by atoms with Gasteiger partial charge in [0, 0.05) is 24.0 Å². The Bertz CT molecular complexity index is 728. The Labute approximate surface area is 124 Å². The van der Waals surface area contributed by atoms with Crippen molar-refractivity contribution in [1.82, 2.24) is 9.55 Å². The minimum atomic E-state index is 0.0510. The second kappa shape index (κ2) is 5.91. The van der Waals surface area contributed by atoms with Gasteiger partial charge in [-0.15, -0.1) is 0 Å². The molecule has 2 rings (SSSR count). The van der Waals surface area contributed by atoms with Crippen LogP contribution < -0.4 is 10.8 Å². The highest BCUT2D eigenvalue weighted by Crippen LogP contribution is 2.18. The molecule has 110 valence electrons. The van der Waals surface area contributed by atoms with Gasteiger partial charge >= 0.3 is 0 Å². The molecule has 0 atom stereocenters. The Kier molecular flexibility index (Phi) is 4.21. The third-order valence-electron chi connectivity index (χ3n) is 3.34. The van der Waals surface area contributed by atoms with Gasteiger partial charge in [-0.25, -0.2) is 4.98 Å². The second-order valence-electron chi connectivity index (χ2n) is 5.48. The van der Waals surface area contributed by atoms with E-state index in [9.17, 15) is 0 Å². The van der Waals surface area contributed by atoms with Gasteiger partial charge in [0.2, 0.25) is 0 Å². The van der Waals surface area contributed by atoms with Gasteiger partial charge in [0.1, 0.15) is 5.84 Å². The van der Waals surface area contributed by atoms with Crippen LogP contribution in [0.1, 0.15) is 25.0 Å². The quantitative estimate of drug-likeness (QED) is 0.597.